The number of hydrogen-bond acceptors (Lipinski definition) is 4. The summed E-state index contributed by atoms with van der Waals surface area (Å²) < 4.78 is 0. The average molecular weight is 270 g/mol. The fourth-order valence-electron chi connectivity index (χ4n) is 2.88. The van der Waals surface area contributed by atoms with Gasteiger partial charge in [0.25, 0.3) is 0 Å². The van der Waals surface area contributed by atoms with Crippen LogP contribution in [-0.2, 0) is 0 Å². The maximum atomic E-state index is 4.75. The van der Waals surface area contributed by atoms with Gasteiger partial charge in [-0.2, -0.15) is 4.98 Å². The lowest BCUT2D eigenvalue weighted by molar-refractivity contribution is 0.442. The number of aromatic nitrogens is 2. The Morgan fingerprint density at radius 1 is 1.30 bits per heavy atom. The SMILES string of the molecule is CCNc1nc(N2CCC[C@@H](C)C2)nc2ccccc12. The van der Waals surface area contributed by atoms with Gasteiger partial charge in [0.1, 0.15) is 5.82 Å². The van der Waals surface area contributed by atoms with Crippen LogP contribution in [0.25, 0.3) is 10.9 Å². The van der Waals surface area contributed by atoms with Crippen molar-refractivity contribution in [2.24, 2.45) is 5.92 Å². The molecule has 1 saturated heterocycles. The molecule has 3 rings (SSSR count). The van der Waals surface area contributed by atoms with Crippen LogP contribution in [-0.4, -0.2) is 29.6 Å². The van der Waals surface area contributed by atoms with Crippen LogP contribution < -0.4 is 10.2 Å². The van der Waals surface area contributed by atoms with Crippen LogP contribution in [0.4, 0.5) is 11.8 Å². The molecule has 1 aliphatic rings. The molecule has 1 aliphatic heterocycles. The summed E-state index contributed by atoms with van der Waals surface area (Å²) in [5, 5.41) is 4.46. The van der Waals surface area contributed by atoms with E-state index in [4.69, 9.17) is 9.97 Å². The van der Waals surface area contributed by atoms with E-state index >= 15 is 0 Å². The predicted molar refractivity (Wildman–Crippen MR) is 84.3 cm³/mol. The highest BCUT2D eigenvalue weighted by Crippen LogP contribution is 2.26. The standard InChI is InChI=1S/C16H22N4/c1-3-17-15-13-8-4-5-9-14(13)18-16(19-15)20-10-6-7-12(2)11-20/h4-5,8-9,12H,3,6-7,10-11H2,1-2H3,(H,17,18,19)/t12-/m1/s1. The van der Waals surface area contributed by atoms with Gasteiger partial charge in [-0.15, -0.1) is 0 Å². The lowest BCUT2D eigenvalue weighted by Gasteiger charge is -2.31. The Hall–Kier alpha value is -1.84. The van der Waals surface area contributed by atoms with E-state index in [1.807, 2.05) is 12.1 Å². The van der Waals surface area contributed by atoms with Gasteiger partial charge in [-0.3, -0.25) is 0 Å². The van der Waals surface area contributed by atoms with Crippen molar-refractivity contribution in [3.63, 3.8) is 0 Å². The molecule has 2 aromatic rings. The van der Waals surface area contributed by atoms with Crippen molar-refractivity contribution >= 4 is 22.7 Å². The van der Waals surface area contributed by atoms with Crippen LogP contribution in [0.3, 0.4) is 0 Å². The number of para-hydroxylation sites is 1. The largest absolute Gasteiger partial charge is 0.370 e. The third-order valence-corrected chi connectivity index (χ3v) is 3.88. The second kappa shape index (κ2) is 5.65. The normalized spacial score (nSPS) is 19.3. The Morgan fingerprint density at radius 2 is 2.15 bits per heavy atom. The number of rotatable bonds is 3. The van der Waals surface area contributed by atoms with E-state index in [9.17, 15) is 0 Å². The first-order valence-corrected chi connectivity index (χ1v) is 7.53. The first-order valence-electron chi connectivity index (χ1n) is 7.53. The average Bonchev–Trinajstić information content (AvgIpc) is 2.47. The number of hydrogen-bond donors (Lipinski definition) is 1. The highest BCUT2D eigenvalue weighted by molar-refractivity contribution is 5.90. The summed E-state index contributed by atoms with van der Waals surface area (Å²) >= 11 is 0. The molecule has 1 fully saturated rings. The Balaban J connectivity index is 2.02. The van der Waals surface area contributed by atoms with E-state index in [0.717, 1.165) is 48.2 Å². The number of fused-ring (bicyclic) bond motifs is 1. The van der Waals surface area contributed by atoms with Crippen molar-refractivity contribution in [1.29, 1.82) is 0 Å². The summed E-state index contributed by atoms with van der Waals surface area (Å²) in [6.45, 7) is 7.40. The van der Waals surface area contributed by atoms with Crippen molar-refractivity contribution in [3.8, 4) is 0 Å². The summed E-state index contributed by atoms with van der Waals surface area (Å²) in [6, 6.07) is 8.22. The molecular formula is C16H22N4. The second-order valence-electron chi connectivity index (χ2n) is 5.61. The van der Waals surface area contributed by atoms with Gasteiger partial charge < -0.3 is 10.2 Å². The minimum absolute atomic E-state index is 0.724. The third-order valence-electron chi connectivity index (χ3n) is 3.88. The fourth-order valence-corrected chi connectivity index (χ4v) is 2.88. The third kappa shape index (κ3) is 2.55. The molecule has 1 atom stereocenters. The van der Waals surface area contributed by atoms with Crippen LogP contribution in [0.15, 0.2) is 24.3 Å². The Kier molecular flexibility index (Phi) is 3.72. The lowest BCUT2D eigenvalue weighted by Crippen LogP contribution is -2.35. The quantitative estimate of drug-likeness (QED) is 0.929. The highest BCUT2D eigenvalue weighted by Gasteiger charge is 2.19. The first-order chi connectivity index (χ1) is 9.78. The number of piperidine rings is 1. The highest BCUT2D eigenvalue weighted by atomic mass is 15.3. The molecule has 1 aromatic heterocycles. The minimum atomic E-state index is 0.724. The molecule has 4 heteroatoms. The molecule has 20 heavy (non-hydrogen) atoms. The molecule has 4 nitrogen and oxygen atoms in total. The Labute approximate surface area is 120 Å². The maximum Gasteiger partial charge on any atom is 0.227 e. The molecule has 0 aliphatic carbocycles. The molecule has 2 heterocycles. The second-order valence-corrected chi connectivity index (χ2v) is 5.61. The van der Waals surface area contributed by atoms with E-state index in [1.54, 1.807) is 0 Å². The van der Waals surface area contributed by atoms with Crippen molar-refractivity contribution in [2.45, 2.75) is 26.7 Å². The zero-order chi connectivity index (χ0) is 13.9. The predicted octanol–water partition coefficient (Wildman–Crippen LogP) is 3.30. The van der Waals surface area contributed by atoms with Crippen LogP contribution in [0.2, 0.25) is 0 Å². The molecular weight excluding hydrogens is 248 g/mol. The molecule has 0 spiro atoms. The fraction of sp³-hybridized carbons (Fsp3) is 0.500. The van der Waals surface area contributed by atoms with Crippen molar-refractivity contribution < 1.29 is 0 Å². The number of nitrogens with zero attached hydrogens (tertiary/aromatic N) is 3. The topological polar surface area (TPSA) is 41.1 Å². The van der Waals surface area contributed by atoms with Gasteiger partial charge in [-0.1, -0.05) is 19.1 Å². The smallest absolute Gasteiger partial charge is 0.227 e. The summed E-state index contributed by atoms with van der Waals surface area (Å²) in [6.07, 6.45) is 2.54. The van der Waals surface area contributed by atoms with Gasteiger partial charge in [-0.25, -0.2) is 4.98 Å². The summed E-state index contributed by atoms with van der Waals surface area (Å²) in [4.78, 5) is 11.8. The van der Waals surface area contributed by atoms with E-state index in [1.165, 1.54) is 12.8 Å². The van der Waals surface area contributed by atoms with Gasteiger partial charge >= 0.3 is 0 Å². The van der Waals surface area contributed by atoms with Crippen LogP contribution >= 0.6 is 0 Å². The Morgan fingerprint density at radius 3 is 2.95 bits per heavy atom. The molecule has 0 saturated carbocycles. The van der Waals surface area contributed by atoms with Crippen LogP contribution in [0, 0.1) is 5.92 Å². The molecule has 0 amide bonds. The molecule has 106 valence electrons. The zero-order valence-electron chi connectivity index (χ0n) is 12.3. The van der Waals surface area contributed by atoms with Crippen molar-refractivity contribution in [1.82, 2.24) is 9.97 Å². The summed E-state index contributed by atoms with van der Waals surface area (Å²) in [7, 11) is 0. The van der Waals surface area contributed by atoms with E-state index in [0.29, 0.717) is 0 Å². The molecule has 1 aromatic carbocycles. The number of anilines is 2. The van der Waals surface area contributed by atoms with Crippen LogP contribution in [0.1, 0.15) is 26.7 Å². The monoisotopic (exact) mass is 270 g/mol. The van der Waals surface area contributed by atoms with Gasteiger partial charge in [-0.05, 0) is 37.8 Å². The molecule has 1 N–H and O–H groups in total. The molecule has 0 unspecified atom stereocenters. The summed E-state index contributed by atoms with van der Waals surface area (Å²) in [5.74, 6) is 2.54. The minimum Gasteiger partial charge on any atom is -0.370 e. The van der Waals surface area contributed by atoms with Gasteiger partial charge in [0.2, 0.25) is 5.95 Å². The van der Waals surface area contributed by atoms with Crippen molar-refractivity contribution in [2.75, 3.05) is 29.9 Å². The molecule has 0 radical (unpaired) electrons. The maximum absolute atomic E-state index is 4.75. The van der Waals surface area contributed by atoms with Crippen molar-refractivity contribution in [3.05, 3.63) is 24.3 Å². The number of nitrogens with one attached hydrogen (secondary N) is 1. The van der Waals surface area contributed by atoms with Gasteiger partial charge in [0, 0.05) is 25.0 Å². The first kappa shape index (κ1) is 13.2. The van der Waals surface area contributed by atoms with Gasteiger partial charge in [0.05, 0.1) is 5.52 Å². The lowest BCUT2D eigenvalue weighted by atomic mass is 10.0. The van der Waals surface area contributed by atoms with Crippen LogP contribution in [0.5, 0.6) is 0 Å². The van der Waals surface area contributed by atoms with Gasteiger partial charge in [0.15, 0.2) is 0 Å². The Bertz CT molecular complexity index is 596. The summed E-state index contributed by atoms with van der Waals surface area (Å²) in [5.41, 5.74) is 1.02. The van der Waals surface area contributed by atoms with E-state index in [-0.39, 0.29) is 0 Å². The molecule has 0 bridgehead atoms. The van der Waals surface area contributed by atoms with E-state index < -0.39 is 0 Å². The zero-order valence-corrected chi connectivity index (χ0v) is 12.3. The number of benzene rings is 1. The van der Waals surface area contributed by atoms with E-state index in [2.05, 4.69) is 36.2 Å².